The second kappa shape index (κ2) is 16.5. The van der Waals surface area contributed by atoms with E-state index in [0.717, 1.165) is 11.4 Å². The van der Waals surface area contributed by atoms with Gasteiger partial charge >= 0.3 is 0 Å². The normalized spacial score (nSPS) is 11.5. The number of rotatable bonds is 8. The van der Waals surface area contributed by atoms with E-state index in [1.807, 2.05) is 0 Å². The highest BCUT2D eigenvalue weighted by Gasteiger charge is 2.16. The highest BCUT2D eigenvalue weighted by Crippen LogP contribution is 2.40. The van der Waals surface area contributed by atoms with Crippen LogP contribution in [0.15, 0.2) is 267 Å². The molecule has 11 aromatic carbocycles. The molecule has 0 atom stereocenters. The first-order valence-corrected chi connectivity index (χ1v) is 23.4. The van der Waals surface area contributed by atoms with Gasteiger partial charge in [0.1, 0.15) is 0 Å². The molecule has 2 heterocycles. The third kappa shape index (κ3) is 6.82. The Balaban J connectivity index is 0.914. The summed E-state index contributed by atoms with van der Waals surface area (Å²) in [5.74, 6) is 0. The van der Waals surface area contributed by atoms with E-state index in [4.69, 9.17) is 0 Å². The maximum absolute atomic E-state index is 2.39. The minimum absolute atomic E-state index is 1.14. The zero-order chi connectivity index (χ0) is 45.0. The molecule has 0 radical (unpaired) electrons. The predicted octanol–water partition coefficient (Wildman–Crippen LogP) is 17.9. The van der Waals surface area contributed by atoms with Crippen LogP contribution in [0.4, 0.5) is 0 Å². The molecule has 2 aromatic heterocycles. The van der Waals surface area contributed by atoms with Crippen molar-refractivity contribution in [3.63, 3.8) is 0 Å². The van der Waals surface area contributed by atoms with E-state index in [9.17, 15) is 0 Å². The van der Waals surface area contributed by atoms with Crippen LogP contribution in [0.3, 0.4) is 0 Å². The van der Waals surface area contributed by atoms with Crippen LogP contribution < -0.4 is 0 Å². The van der Waals surface area contributed by atoms with Crippen LogP contribution in [0.2, 0.25) is 0 Å². The van der Waals surface area contributed by atoms with E-state index in [1.165, 1.54) is 110 Å². The zero-order valence-corrected chi connectivity index (χ0v) is 37.3. The summed E-state index contributed by atoms with van der Waals surface area (Å²) in [7, 11) is 0. The fourth-order valence-corrected chi connectivity index (χ4v) is 10.4. The summed E-state index contributed by atoms with van der Waals surface area (Å²) in [6.07, 6.45) is 0. The minimum Gasteiger partial charge on any atom is -0.309 e. The molecule has 318 valence electrons. The molecule has 0 aliphatic carbocycles. The molecule has 0 aliphatic heterocycles. The Morgan fingerprint density at radius 1 is 0.176 bits per heavy atom. The molecule has 0 saturated carbocycles. The van der Waals surface area contributed by atoms with Crippen LogP contribution in [0.5, 0.6) is 0 Å². The molecule has 0 aliphatic rings. The van der Waals surface area contributed by atoms with Gasteiger partial charge in [0.15, 0.2) is 0 Å². The first-order chi connectivity index (χ1) is 33.7. The molecular formula is C66H44N2. The minimum atomic E-state index is 1.14. The lowest BCUT2D eigenvalue weighted by Gasteiger charge is -2.16. The van der Waals surface area contributed by atoms with Gasteiger partial charge in [-0.3, -0.25) is 0 Å². The van der Waals surface area contributed by atoms with Gasteiger partial charge in [0.2, 0.25) is 0 Å². The molecule has 2 heteroatoms. The summed E-state index contributed by atoms with van der Waals surface area (Å²) in [5.41, 5.74) is 21.4. The number of para-hydroxylation sites is 4. The lowest BCUT2D eigenvalue weighted by atomic mass is 9.89. The fourth-order valence-electron chi connectivity index (χ4n) is 10.4. The van der Waals surface area contributed by atoms with Gasteiger partial charge in [-0.1, -0.05) is 194 Å². The molecule has 0 fully saturated rings. The number of hydrogen-bond donors (Lipinski definition) is 0. The molecular weight excluding hydrogens is 821 g/mol. The Morgan fingerprint density at radius 2 is 0.471 bits per heavy atom. The van der Waals surface area contributed by atoms with Gasteiger partial charge in [-0.25, -0.2) is 0 Å². The quantitative estimate of drug-likeness (QED) is 0.144. The van der Waals surface area contributed by atoms with Crippen molar-refractivity contribution in [2.45, 2.75) is 0 Å². The van der Waals surface area contributed by atoms with Crippen LogP contribution in [-0.2, 0) is 0 Å². The lowest BCUT2D eigenvalue weighted by Crippen LogP contribution is -1.95. The Kier molecular flexibility index (Phi) is 9.54. The van der Waals surface area contributed by atoms with Crippen molar-refractivity contribution in [3.8, 4) is 78.1 Å². The summed E-state index contributed by atoms with van der Waals surface area (Å²) in [5, 5.41) is 5.06. The summed E-state index contributed by atoms with van der Waals surface area (Å²) >= 11 is 0. The number of nitrogens with zero attached hydrogens (tertiary/aromatic N) is 2. The van der Waals surface area contributed by atoms with Gasteiger partial charge in [0, 0.05) is 32.9 Å². The summed E-state index contributed by atoms with van der Waals surface area (Å²) in [4.78, 5) is 0. The Labute approximate surface area is 395 Å². The van der Waals surface area contributed by atoms with E-state index in [-0.39, 0.29) is 0 Å². The van der Waals surface area contributed by atoms with Gasteiger partial charge in [-0.15, -0.1) is 0 Å². The van der Waals surface area contributed by atoms with E-state index >= 15 is 0 Å². The van der Waals surface area contributed by atoms with Crippen molar-refractivity contribution in [1.29, 1.82) is 0 Å². The van der Waals surface area contributed by atoms with Crippen LogP contribution in [-0.4, -0.2) is 9.13 Å². The van der Waals surface area contributed by atoms with E-state index < -0.39 is 0 Å². The largest absolute Gasteiger partial charge is 0.309 e. The topological polar surface area (TPSA) is 9.86 Å². The third-order valence-electron chi connectivity index (χ3n) is 13.8. The van der Waals surface area contributed by atoms with Crippen LogP contribution in [0.1, 0.15) is 0 Å². The van der Waals surface area contributed by atoms with Crippen molar-refractivity contribution < 1.29 is 0 Å². The average molecular weight is 865 g/mol. The highest BCUT2D eigenvalue weighted by molar-refractivity contribution is 6.10. The standard InChI is InChI=1S/C66H44N2/c1-3-15-45(16-4-1)52-41-53(46-17-5-2-6-18-46)43-54(42-52)48-27-29-49(30-28-48)57-40-35-51(47-31-36-55(37-32-47)67-63-23-11-7-19-58(63)59-20-8-12-24-64(59)67)44-62(57)50-33-38-56(39-34-50)68-65-25-13-9-21-60(65)61-22-10-14-26-66(61)68/h1-44H. The molecule has 0 amide bonds. The average Bonchev–Trinajstić information content (AvgIpc) is 3.94. The van der Waals surface area contributed by atoms with E-state index in [1.54, 1.807) is 0 Å². The molecule has 68 heavy (non-hydrogen) atoms. The van der Waals surface area contributed by atoms with Crippen molar-refractivity contribution in [1.82, 2.24) is 9.13 Å². The van der Waals surface area contributed by atoms with Crippen molar-refractivity contribution in [2.24, 2.45) is 0 Å². The number of fused-ring (bicyclic) bond motifs is 6. The molecule has 0 bridgehead atoms. The van der Waals surface area contributed by atoms with Gasteiger partial charge in [0.25, 0.3) is 0 Å². The van der Waals surface area contributed by atoms with E-state index in [2.05, 4.69) is 276 Å². The first-order valence-electron chi connectivity index (χ1n) is 23.4. The number of aromatic nitrogens is 2. The maximum atomic E-state index is 2.39. The van der Waals surface area contributed by atoms with Crippen LogP contribution >= 0.6 is 0 Å². The zero-order valence-electron chi connectivity index (χ0n) is 37.3. The lowest BCUT2D eigenvalue weighted by molar-refractivity contribution is 1.18. The molecule has 0 saturated heterocycles. The van der Waals surface area contributed by atoms with Gasteiger partial charge in [0.05, 0.1) is 22.1 Å². The first kappa shape index (κ1) is 39.4. The molecule has 13 aromatic rings. The Bertz CT molecular complexity index is 3800. The van der Waals surface area contributed by atoms with Crippen molar-refractivity contribution >= 4 is 43.6 Å². The molecule has 0 unspecified atom stereocenters. The van der Waals surface area contributed by atoms with Crippen molar-refractivity contribution in [3.05, 3.63) is 267 Å². The predicted molar refractivity (Wildman–Crippen MR) is 288 cm³/mol. The van der Waals surface area contributed by atoms with Crippen LogP contribution in [0, 0.1) is 0 Å². The van der Waals surface area contributed by atoms with Gasteiger partial charge in [-0.2, -0.15) is 0 Å². The monoisotopic (exact) mass is 864 g/mol. The molecule has 13 rings (SSSR count). The second-order valence-corrected chi connectivity index (χ2v) is 17.7. The molecule has 0 spiro atoms. The number of benzene rings is 11. The second-order valence-electron chi connectivity index (χ2n) is 17.7. The third-order valence-corrected chi connectivity index (χ3v) is 13.8. The number of hydrogen-bond acceptors (Lipinski definition) is 0. The summed E-state index contributed by atoms with van der Waals surface area (Å²) in [6.45, 7) is 0. The summed E-state index contributed by atoms with van der Waals surface area (Å²) in [6, 6.07) is 97.5. The maximum Gasteiger partial charge on any atom is 0.0541 e. The molecule has 2 nitrogen and oxygen atoms in total. The highest BCUT2D eigenvalue weighted by atomic mass is 15.0. The van der Waals surface area contributed by atoms with Crippen LogP contribution in [0.25, 0.3) is 122 Å². The molecule has 0 N–H and O–H groups in total. The van der Waals surface area contributed by atoms with E-state index in [0.29, 0.717) is 0 Å². The Morgan fingerprint density at radius 3 is 0.897 bits per heavy atom. The van der Waals surface area contributed by atoms with Crippen molar-refractivity contribution in [2.75, 3.05) is 0 Å². The summed E-state index contributed by atoms with van der Waals surface area (Å²) < 4.78 is 4.77. The SMILES string of the molecule is c1ccc(-c2cc(-c3ccccc3)cc(-c3ccc(-c4ccc(-c5ccc(-n6c7ccccc7c7ccccc76)cc5)cc4-c4ccc(-n5c6ccccc6c6ccccc65)cc4)cc3)c2)cc1. The van der Waals surface area contributed by atoms with Gasteiger partial charge in [-0.05, 0) is 140 Å². The fraction of sp³-hybridized carbons (Fsp3) is 0. The Hall–Kier alpha value is -8.98. The smallest absolute Gasteiger partial charge is 0.0541 e. The van der Waals surface area contributed by atoms with Gasteiger partial charge < -0.3 is 9.13 Å².